The summed E-state index contributed by atoms with van der Waals surface area (Å²) >= 11 is 0. The third-order valence-corrected chi connectivity index (χ3v) is 5.07. The Kier molecular flexibility index (Phi) is 5.51. The molecule has 0 saturated heterocycles. The van der Waals surface area contributed by atoms with E-state index in [9.17, 15) is 0 Å². The van der Waals surface area contributed by atoms with Gasteiger partial charge in [0.2, 0.25) is 0 Å². The molecule has 0 bridgehead atoms. The van der Waals surface area contributed by atoms with E-state index in [-0.39, 0.29) is 0 Å². The van der Waals surface area contributed by atoms with Gasteiger partial charge < -0.3 is 14.8 Å². The minimum atomic E-state index is 0.385. The lowest BCUT2D eigenvalue weighted by Crippen LogP contribution is -2.36. The molecule has 1 unspecified atom stereocenters. The lowest BCUT2D eigenvalue weighted by Gasteiger charge is -2.38. The summed E-state index contributed by atoms with van der Waals surface area (Å²) in [6.07, 6.45) is 6.55. The van der Waals surface area contributed by atoms with E-state index in [2.05, 4.69) is 31.3 Å². The molecule has 21 heavy (non-hydrogen) atoms. The van der Waals surface area contributed by atoms with Gasteiger partial charge in [0.25, 0.3) is 0 Å². The molecule has 0 amide bonds. The van der Waals surface area contributed by atoms with Crippen molar-refractivity contribution in [2.75, 3.05) is 20.8 Å². The first-order valence-corrected chi connectivity index (χ1v) is 8.16. The predicted octanol–water partition coefficient (Wildman–Crippen LogP) is 4.32. The van der Waals surface area contributed by atoms with Crippen molar-refractivity contribution < 1.29 is 9.47 Å². The van der Waals surface area contributed by atoms with Gasteiger partial charge >= 0.3 is 0 Å². The van der Waals surface area contributed by atoms with Gasteiger partial charge in [-0.2, -0.15) is 0 Å². The summed E-state index contributed by atoms with van der Waals surface area (Å²) < 4.78 is 10.8. The summed E-state index contributed by atoms with van der Waals surface area (Å²) in [6, 6.07) is 6.75. The average Bonchev–Trinajstić information content (AvgIpc) is 3.02. The molecular formula is C18H29NO2. The van der Waals surface area contributed by atoms with E-state index in [4.69, 9.17) is 9.47 Å². The molecule has 1 saturated carbocycles. The molecular weight excluding hydrogens is 262 g/mol. The zero-order valence-electron chi connectivity index (χ0n) is 13.9. The molecule has 1 N–H and O–H groups in total. The fourth-order valence-corrected chi connectivity index (χ4v) is 3.85. The second-order valence-corrected chi connectivity index (χ2v) is 6.03. The fraction of sp³-hybridized carbons (Fsp3) is 0.667. The van der Waals surface area contributed by atoms with Crippen molar-refractivity contribution in [3.05, 3.63) is 23.8 Å². The monoisotopic (exact) mass is 291 g/mol. The molecule has 0 aromatic heterocycles. The highest BCUT2D eigenvalue weighted by atomic mass is 16.5. The highest BCUT2D eigenvalue weighted by molar-refractivity contribution is 5.44. The first kappa shape index (κ1) is 16.2. The van der Waals surface area contributed by atoms with Crippen molar-refractivity contribution in [2.45, 2.75) is 52.0 Å². The van der Waals surface area contributed by atoms with Crippen molar-refractivity contribution in [3.63, 3.8) is 0 Å². The van der Waals surface area contributed by atoms with E-state index in [0.29, 0.717) is 11.5 Å². The molecule has 0 spiro atoms. The van der Waals surface area contributed by atoms with Gasteiger partial charge in [-0.25, -0.2) is 0 Å². The lowest BCUT2D eigenvalue weighted by molar-refractivity contribution is 0.188. The zero-order valence-corrected chi connectivity index (χ0v) is 13.9. The third kappa shape index (κ3) is 3.18. The number of nitrogens with one attached hydrogen (secondary N) is 1. The Hall–Kier alpha value is -1.22. The zero-order chi connectivity index (χ0) is 15.3. The molecule has 1 aromatic carbocycles. The number of hydrogen-bond donors (Lipinski definition) is 1. The molecule has 3 heteroatoms. The Morgan fingerprint density at radius 2 is 1.76 bits per heavy atom. The average molecular weight is 291 g/mol. The molecule has 0 heterocycles. The van der Waals surface area contributed by atoms with Crippen molar-refractivity contribution in [1.82, 2.24) is 5.32 Å². The molecule has 1 fully saturated rings. The summed E-state index contributed by atoms with van der Waals surface area (Å²) in [4.78, 5) is 0. The molecule has 0 radical (unpaired) electrons. The third-order valence-electron chi connectivity index (χ3n) is 5.07. The fourth-order valence-electron chi connectivity index (χ4n) is 3.85. The van der Waals surface area contributed by atoms with Crippen LogP contribution in [0.1, 0.15) is 57.6 Å². The lowest BCUT2D eigenvalue weighted by atomic mass is 9.73. The van der Waals surface area contributed by atoms with Crippen molar-refractivity contribution in [1.29, 1.82) is 0 Å². The minimum Gasteiger partial charge on any atom is -0.493 e. The summed E-state index contributed by atoms with van der Waals surface area (Å²) in [5, 5.41) is 3.73. The van der Waals surface area contributed by atoms with Gasteiger partial charge in [-0.15, -0.1) is 0 Å². The van der Waals surface area contributed by atoms with Crippen LogP contribution in [0.4, 0.5) is 0 Å². The van der Waals surface area contributed by atoms with Crippen LogP contribution in [0.15, 0.2) is 18.2 Å². The minimum absolute atomic E-state index is 0.385. The van der Waals surface area contributed by atoms with Crippen LogP contribution in [0.5, 0.6) is 11.5 Å². The molecule has 3 nitrogen and oxygen atoms in total. The second-order valence-electron chi connectivity index (χ2n) is 6.03. The predicted molar refractivity (Wildman–Crippen MR) is 87.2 cm³/mol. The van der Waals surface area contributed by atoms with E-state index in [0.717, 1.165) is 18.0 Å². The van der Waals surface area contributed by atoms with Gasteiger partial charge in [-0.1, -0.05) is 32.8 Å². The Balaban J connectivity index is 2.38. The smallest absolute Gasteiger partial charge is 0.161 e. The van der Waals surface area contributed by atoms with Gasteiger partial charge in [0.05, 0.1) is 14.2 Å². The van der Waals surface area contributed by atoms with Crippen molar-refractivity contribution in [2.24, 2.45) is 5.41 Å². The Morgan fingerprint density at radius 1 is 1.10 bits per heavy atom. The molecule has 1 aliphatic carbocycles. The van der Waals surface area contributed by atoms with Crippen LogP contribution >= 0.6 is 0 Å². The number of rotatable bonds is 7. The number of hydrogen-bond acceptors (Lipinski definition) is 3. The van der Waals surface area contributed by atoms with Crippen molar-refractivity contribution in [3.8, 4) is 11.5 Å². The first-order valence-electron chi connectivity index (χ1n) is 8.16. The van der Waals surface area contributed by atoms with E-state index < -0.39 is 0 Å². The van der Waals surface area contributed by atoms with E-state index in [1.54, 1.807) is 14.2 Å². The van der Waals surface area contributed by atoms with Crippen LogP contribution in [0.3, 0.4) is 0 Å². The highest BCUT2D eigenvalue weighted by Gasteiger charge is 2.40. The molecule has 118 valence electrons. The Morgan fingerprint density at radius 3 is 2.29 bits per heavy atom. The molecule has 1 aliphatic rings. The highest BCUT2D eigenvalue weighted by Crippen LogP contribution is 2.50. The Labute approximate surface area is 129 Å². The number of ether oxygens (including phenoxy) is 2. The SMILES string of the molecule is CCNC(c1ccc(OC)c(OC)c1)C1(CC)CCCC1. The van der Waals surface area contributed by atoms with Gasteiger partial charge in [0.1, 0.15) is 0 Å². The quantitative estimate of drug-likeness (QED) is 0.811. The Bertz CT molecular complexity index is 453. The maximum absolute atomic E-state index is 5.48. The van der Waals surface area contributed by atoms with Crippen LogP contribution in [-0.2, 0) is 0 Å². The maximum atomic E-state index is 5.48. The molecule has 0 aliphatic heterocycles. The number of benzene rings is 1. The normalized spacial score (nSPS) is 18.5. The topological polar surface area (TPSA) is 30.5 Å². The van der Waals surface area contributed by atoms with Gasteiger partial charge in [0.15, 0.2) is 11.5 Å². The van der Waals surface area contributed by atoms with Gasteiger partial charge in [-0.3, -0.25) is 0 Å². The van der Waals surface area contributed by atoms with Gasteiger partial charge in [-0.05, 0) is 48.9 Å². The standard InChI is InChI=1S/C18H29NO2/c1-5-18(11-7-8-12-18)17(19-6-2)14-9-10-15(20-3)16(13-14)21-4/h9-10,13,17,19H,5-8,11-12H2,1-4H3. The molecule has 1 atom stereocenters. The van der Waals surface area contributed by atoms with E-state index in [1.807, 2.05) is 6.07 Å². The molecule has 2 rings (SSSR count). The maximum Gasteiger partial charge on any atom is 0.161 e. The second kappa shape index (κ2) is 7.17. The first-order chi connectivity index (χ1) is 10.2. The van der Waals surface area contributed by atoms with E-state index >= 15 is 0 Å². The number of methoxy groups -OCH3 is 2. The van der Waals surface area contributed by atoms with Crippen LogP contribution in [-0.4, -0.2) is 20.8 Å². The summed E-state index contributed by atoms with van der Waals surface area (Å²) in [5.74, 6) is 1.62. The van der Waals surface area contributed by atoms with Crippen LogP contribution < -0.4 is 14.8 Å². The summed E-state index contributed by atoms with van der Waals surface area (Å²) in [5.41, 5.74) is 1.70. The van der Waals surface area contributed by atoms with Crippen LogP contribution in [0.25, 0.3) is 0 Å². The largest absolute Gasteiger partial charge is 0.493 e. The van der Waals surface area contributed by atoms with Crippen molar-refractivity contribution >= 4 is 0 Å². The van der Waals surface area contributed by atoms with Crippen LogP contribution in [0, 0.1) is 5.41 Å². The molecule has 1 aromatic rings. The summed E-state index contributed by atoms with van der Waals surface area (Å²) in [6.45, 7) is 5.50. The summed E-state index contributed by atoms with van der Waals surface area (Å²) in [7, 11) is 3.39. The van der Waals surface area contributed by atoms with Crippen LogP contribution in [0.2, 0.25) is 0 Å². The van der Waals surface area contributed by atoms with Gasteiger partial charge in [0, 0.05) is 6.04 Å². The van der Waals surface area contributed by atoms with E-state index in [1.165, 1.54) is 37.7 Å².